The van der Waals surface area contributed by atoms with Gasteiger partial charge in [0.15, 0.2) is 0 Å². The number of hydrogen-bond donors (Lipinski definition) is 1. The van der Waals surface area contributed by atoms with Gasteiger partial charge in [0.25, 0.3) is 5.69 Å². The van der Waals surface area contributed by atoms with E-state index in [0.29, 0.717) is 18.7 Å². The minimum Gasteiger partial charge on any atom is -0.468 e. The average molecular weight is 369 g/mol. The second kappa shape index (κ2) is 7.96. The van der Waals surface area contributed by atoms with Gasteiger partial charge in [0, 0.05) is 24.4 Å². The number of nitro groups is 1. The highest BCUT2D eigenvalue weighted by atomic mass is 16.6. The van der Waals surface area contributed by atoms with Crippen molar-refractivity contribution >= 4 is 23.3 Å². The summed E-state index contributed by atoms with van der Waals surface area (Å²) in [5.74, 6) is -0.690. The molecule has 0 aliphatic carbocycles. The Kier molecular flexibility index (Phi) is 5.46. The van der Waals surface area contributed by atoms with Crippen LogP contribution in [-0.4, -0.2) is 41.4 Å². The van der Waals surface area contributed by atoms with Crippen LogP contribution in [-0.2, 0) is 27.3 Å². The van der Waals surface area contributed by atoms with Gasteiger partial charge < -0.3 is 10.1 Å². The molecule has 1 N–H and O–H groups in total. The Hall–Kier alpha value is -3.26. The van der Waals surface area contributed by atoms with Gasteiger partial charge in [0.1, 0.15) is 6.04 Å². The maximum atomic E-state index is 12.4. The Morgan fingerprint density at radius 2 is 1.85 bits per heavy atom. The van der Waals surface area contributed by atoms with Crippen LogP contribution >= 0.6 is 0 Å². The van der Waals surface area contributed by atoms with Crippen molar-refractivity contribution in [1.82, 2.24) is 4.90 Å². The summed E-state index contributed by atoms with van der Waals surface area (Å²) in [5.41, 5.74) is 2.55. The number of amides is 1. The normalized spacial score (nSPS) is 16.3. The molecule has 0 saturated carbocycles. The lowest BCUT2D eigenvalue weighted by molar-refractivity contribution is -0.384. The number of non-ortho nitro benzene ring substituents is 1. The molecular weight excluding hydrogens is 350 g/mol. The molecular formula is C19H19N3O5. The second-order valence-electron chi connectivity index (χ2n) is 6.27. The molecule has 2 aromatic rings. The van der Waals surface area contributed by atoms with Crippen LogP contribution in [0.5, 0.6) is 0 Å². The van der Waals surface area contributed by atoms with Crippen molar-refractivity contribution in [2.75, 3.05) is 19.0 Å². The second-order valence-corrected chi connectivity index (χ2v) is 6.27. The maximum absolute atomic E-state index is 12.4. The van der Waals surface area contributed by atoms with E-state index < -0.39 is 11.0 Å². The first-order valence-electron chi connectivity index (χ1n) is 8.41. The molecule has 3 rings (SSSR count). The van der Waals surface area contributed by atoms with Crippen molar-refractivity contribution in [3.63, 3.8) is 0 Å². The molecule has 1 atom stereocenters. The van der Waals surface area contributed by atoms with Gasteiger partial charge in [-0.2, -0.15) is 0 Å². The lowest BCUT2D eigenvalue weighted by Crippen LogP contribution is -2.49. The summed E-state index contributed by atoms with van der Waals surface area (Å²) in [6, 6.07) is 12.8. The van der Waals surface area contributed by atoms with Crippen LogP contribution in [0.3, 0.4) is 0 Å². The number of fused-ring (bicyclic) bond motifs is 1. The number of anilines is 1. The summed E-state index contributed by atoms with van der Waals surface area (Å²) in [7, 11) is 1.33. The number of nitrogens with zero attached hydrogens (tertiary/aromatic N) is 2. The predicted octanol–water partition coefficient (Wildman–Crippen LogP) is 2.13. The zero-order valence-corrected chi connectivity index (χ0v) is 14.8. The van der Waals surface area contributed by atoms with Crippen molar-refractivity contribution in [3.05, 3.63) is 69.8 Å². The maximum Gasteiger partial charge on any atom is 0.323 e. The van der Waals surface area contributed by atoms with Gasteiger partial charge in [-0.1, -0.05) is 24.3 Å². The van der Waals surface area contributed by atoms with E-state index in [-0.39, 0.29) is 24.1 Å². The highest BCUT2D eigenvalue weighted by Gasteiger charge is 2.33. The summed E-state index contributed by atoms with van der Waals surface area (Å²) in [6.07, 6.45) is 0.480. The molecule has 0 fully saturated rings. The number of nitro benzene ring substituents is 1. The molecule has 1 amide bonds. The highest BCUT2D eigenvalue weighted by Crippen LogP contribution is 2.24. The number of carbonyl (C=O) groups excluding carboxylic acids is 2. The number of methoxy groups -OCH3 is 1. The van der Waals surface area contributed by atoms with Gasteiger partial charge in [-0.25, -0.2) is 0 Å². The van der Waals surface area contributed by atoms with Crippen molar-refractivity contribution < 1.29 is 19.2 Å². The number of nitrogens with one attached hydrogen (secondary N) is 1. The Balaban J connectivity index is 1.71. The molecule has 0 unspecified atom stereocenters. The minimum absolute atomic E-state index is 0.00505. The Morgan fingerprint density at radius 3 is 2.48 bits per heavy atom. The van der Waals surface area contributed by atoms with Crippen LogP contribution in [0.15, 0.2) is 48.5 Å². The summed E-state index contributed by atoms with van der Waals surface area (Å²) in [5, 5.41) is 13.4. The summed E-state index contributed by atoms with van der Waals surface area (Å²) in [4.78, 5) is 36.6. The third-order valence-electron chi connectivity index (χ3n) is 4.53. The number of hydrogen-bond acceptors (Lipinski definition) is 6. The fourth-order valence-corrected chi connectivity index (χ4v) is 3.16. The predicted molar refractivity (Wildman–Crippen MR) is 98.1 cm³/mol. The third kappa shape index (κ3) is 4.29. The van der Waals surface area contributed by atoms with Gasteiger partial charge in [-0.15, -0.1) is 0 Å². The quantitative estimate of drug-likeness (QED) is 0.492. The van der Waals surface area contributed by atoms with E-state index in [0.717, 1.165) is 11.1 Å². The van der Waals surface area contributed by atoms with Crippen LogP contribution in [0, 0.1) is 10.1 Å². The van der Waals surface area contributed by atoms with Gasteiger partial charge in [-0.05, 0) is 29.7 Å². The van der Waals surface area contributed by atoms with E-state index in [9.17, 15) is 19.7 Å². The largest absolute Gasteiger partial charge is 0.468 e. The standard InChI is InChI=1S/C19H19N3O5/c1-27-19(24)17-10-13-4-2-3-5-14(13)11-21(17)12-18(23)20-15-6-8-16(9-7-15)22(25)26/h2-9,17H,10-12H2,1H3,(H,20,23)/t17-/m0/s1. The molecule has 0 saturated heterocycles. The van der Waals surface area contributed by atoms with Crippen LogP contribution in [0.25, 0.3) is 0 Å². The van der Waals surface area contributed by atoms with Crippen molar-refractivity contribution in [1.29, 1.82) is 0 Å². The molecule has 2 aromatic carbocycles. The summed E-state index contributed by atoms with van der Waals surface area (Å²) in [6.45, 7) is 0.467. The van der Waals surface area contributed by atoms with Gasteiger partial charge >= 0.3 is 5.97 Å². The first kappa shape index (κ1) is 18.5. The number of benzene rings is 2. The molecule has 0 radical (unpaired) electrons. The fourth-order valence-electron chi connectivity index (χ4n) is 3.16. The molecule has 8 heteroatoms. The third-order valence-corrected chi connectivity index (χ3v) is 4.53. The van der Waals surface area contributed by atoms with Crippen LogP contribution in [0.4, 0.5) is 11.4 Å². The van der Waals surface area contributed by atoms with Crippen molar-refractivity contribution in [2.24, 2.45) is 0 Å². The molecule has 1 heterocycles. The van der Waals surface area contributed by atoms with Crippen molar-refractivity contribution in [3.8, 4) is 0 Å². The van der Waals surface area contributed by atoms with Crippen LogP contribution in [0.2, 0.25) is 0 Å². The topological polar surface area (TPSA) is 102 Å². The van der Waals surface area contributed by atoms with E-state index in [1.54, 1.807) is 4.90 Å². The van der Waals surface area contributed by atoms with E-state index in [1.807, 2.05) is 24.3 Å². The molecule has 0 spiro atoms. The van der Waals surface area contributed by atoms with E-state index in [2.05, 4.69) is 5.32 Å². The first-order valence-corrected chi connectivity index (χ1v) is 8.41. The molecule has 27 heavy (non-hydrogen) atoms. The number of ether oxygens (including phenoxy) is 1. The van der Waals surface area contributed by atoms with Gasteiger partial charge in [-0.3, -0.25) is 24.6 Å². The monoisotopic (exact) mass is 369 g/mol. The Bertz CT molecular complexity index is 866. The zero-order chi connectivity index (χ0) is 19.4. The van der Waals surface area contributed by atoms with Gasteiger partial charge in [0.2, 0.25) is 5.91 Å². The summed E-state index contributed by atoms with van der Waals surface area (Å²) >= 11 is 0. The van der Waals surface area contributed by atoms with E-state index in [4.69, 9.17) is 4.74 Å². The minimum atomic E-state index is -0.535. The SMILES string of the molecule is COC(=O)[C@@H]1Cc2ccccc2CN1CC(=O)Nc1ccc([N+](=O)[O-])cc1. The first-order chi connectivity index (χ1) is 13.0. The molecule has 1 aliphatic rings. The lowest BCUT2D eigenvalue weighted by atomic mass is 9.94. The molecule has 8 nitrogen and oxygen atoms in total. The summed E-state index contributed by atoms with van der Waals surface area (Å²) < 4.78 is 4.89. The van der Waals surface area contributed by atoms with Crippen molar-refractivity contribution in [2.45, 2.75) is 19.0 Å². The van der Waals surface area contributed by atoms with E-state index >= 15 is 0 Å². The zero-order valence-electron chi connectivity index (χ0n) is 14.8. The molecule has 0 aromatic heterocycles. The molecule has 1 aliphatic heterocycles. The fraction of sp³-hybridized carbons (Fsp3) is 0.263. The number of rotatable bonds is 5. The number of esters is 1. The average Bonchev–Trinajstić information content (AvgIpc) is 2.67. The van der Waals surface area contributed by atoms with Gasteiger partial charge in [0.05, 0.1) is 18.6 Å². The molecule has 0 bridgehead atoms. The Labute approximate surface area is 155 Å². The number of carbonyl (C=O) groups is 2. The van der Waals surface area contributed by atoms with E-state index in [1.165, 1.54) is 31.4 Å². The van der Waals surface area contributed by atoms with Crippen LogP contribution in [0.1, 0.15) is 11.1 Å². The smallest absolute Gasteiger partial charge is 0.323 e. The van der Waals surface area contributed by atoms with Crippen LogP contribution < -0.4 is 5.32 Å². The molecule has 140 valence electrons. The lowest BCUT2D eigenvalue weighted by Gasteiger charge is -2.34. The Morgan fingerprint density at radius 1 is 1.19 bits per heavy atom. The highest BCUT2D eigenvalue weighted by molar-refractivity contribution is 5.92.